The number of sulfonamides is 1. The molecule has 1 aliphatic carbocycles. The average molecular weight is 316 g/mol. The van der Waals surface area contributed by atoms with E-state index in [0.717, 1.165) is 19.0 Å². The fraction of sp³-hybridized carbons (Fsp3) is 0.750. The van der Waals surface area contributed by atoms with Crippen molar-refractivity contribution in [3.63, 3.8) is 0 Å². The number of hydrogen-bond acceptors (Lipinski definition) is 5. The number of aryl methyl sites for hydroxylation is 1. The van der Waals surface area contributed by atoms with Crippen LogP contribution in [0.3, 0.4) is 0 Å². The van der Waals surface area contributed by atoms with Gasteiger partial charge in [0.05, 0.1) is 4.92 Å². The van der Waals surface area contributed by atoms with Gasteiger partial charge in [-0.05, 0) is 25.7 Å². The number of rotatable bonds is 7. The minimum Gasteiger partial charge on any atom is -0.267 e. The van der Waals surface area contributed by atoms with Crippen molar-refractivity contribution in [1.82, 2.24) is 14.1 Å². The summed E-state index contributed by atoms with van der Waals surface area (Å²) >= 11 is 0. The summed E-state index contributed by atoms with van der Waals surface area (Å²) in [4.78, 5) is 10.4. The topological polar surface area (TPSA) is 98.3 Å². The first kappa shape index (κ1) is 15.9. The van der Waals surface area contributed by atoms with Crippen molar-refractivity contribution in [3.05, 3.63) is 16.3 Å². The lowest BCUT2D eigenvalue weighted by Gasteiger charge is -2.28. The quantitative estimate of drug-likeness (QED) is 0.563. The maximum absolute atomic E-state index is 12.9. The van der Waals surface area contributed by atoms with Crippen LogP contribution in [0, 0.1) is 10.1 Å². The molecule has 9 heteroatoms. The number of nitrogens with zero attached hydrogens (tertiary/aromatic N) is 4. The van der Waals surface area contributed by atoms with Crippen molar-refractivity contribution < 1.29 is 13.3 Å². The van der Waals surface area contributed by atoms with E-state index in [1.807, 2.05) is 13.8 Å². The number of nitro groups is 1. The second-order valence-corrected chi connectivity index (χ2v) is 7.05. The number of aromatic nitrogens is 2. The maximum atomic E-state index is 12.9. The lowest BCUT2D eigenvalue weighted by molar-refractivity contribution is -0.388. The fourth-order valence-corrected chi connectivity index (χ4v) is 4.65. The van der Waals surface area contributed by atoms with Crippen molar-refractivity contribution in [1.29, 1.82) is 0 Å². The van der Waals surface area contributed by atoms with Crippen LogP contribution in [0.2, 0.25) is 0 Å². The SMILES string of the molecule is CCC(CC)N(C1CC1)S(=O)(=O)c1nn(C)cc1[N+](=O)[O-]. The monoisotopic (exact) mass is 316 g/mol. The van der Waals surface area contributed by atoms with Gasteiger partial charge < -0.3 is 0 Å². The zero-order chi connectivity index (χ0) is 15.8. The van der Waals surface area contributed by atoms with Crippen LogP contribution in [0.25, 0.3) is 0 Å². The standard InChI is InChI=1S/C12H20N4O4S/c1-4-9(5-2)15(10-6-7-10)21(19,20)12-11(16(17)18)8-14(3)13-12/h8-10H,4-7H2,1-3H3. The summed E-state index contributed by atoms with van der Waals surface area (Å²) in [5.74, 6) is 0. The van der Waals surface area contributed by atoms with Gasteiger partial charge in [-0.2, -0.15) is 9.40 Å². The fourth-order valence-electron chi connectivity index (χ4n) is 2.53. The molecule has 1 heterocycles. The van der Waals surface area contributed by atoms with Crippen molar-refractivity contribution in [3.8, 4) is 0 Å². The zero-order valence-corrected chi connectivity index (χ0v) is 13.2. The van der Waals surface area contributed by atoms with E-state index in [1.54, 1.807) is 0 Å². The van der Waals surface area contributed by atoms with Crippen molar-refractivity contribution in [2.75, 3.05) is 0 Å². The predicted molar refractivity (Wildman–Crippen MR) is 76.3 cm³/mol. The van der Waals surface area contributed by atoms with Crippen LogP contribution in [-0.4, -0.2) is 39.5 Å². The first-order valence-corrected chi connectivity index (χ1v) is 8.48. The molecule has 0 spiro atoms. The van der Waals surface area contributed by atoms with E-state index in [2.05, 4.69) is 5.10 Å². The van der Waals surface area contributed by atoms with Gasteiger partial charge in [0.1, 0.15) is 6.20 Å². The van der Waals surface area contributed by atoms with Crippen molar-refractivity contribution in [2.45, 2.75) is 56.6 Å². The van der Waals surface area contributed by atoms with Gasteiger partial charge in [0, 0.05) is 19.1 Å². The molecule has 0 radical (unpaired) electrons. The summed E-state index contributed by atoms with van der Waals surface area (Å²) in [6.07, 6.45) is 4.08. The van der Waals surface area contributed by atoms with Gasteiger partial charge in [0.25, 0.3) is 15.0 Å². The van der Waals surface area contributed by atoms with Crippen molar-refractivity contribution in [2.24, 2.45) is 7.05 Å². The van der Waals surface area contributed by atoms with Crippen LogP contribution in [0.1, 0.15) is 39.5 Å². The molecule has 0 unspecified atom stereocenters. The molecule has 0 saturated heterocycles. The van der Waals surface area contributed by atoms with E-state index in [4.69, 9.17) is 0 Å². The molecule has 1 saturated carbocycles. The molecule has 0 atom stereocenters. The third-order valence-corrected chi connectivity index (χ3v) is 5.64. The zero-order valence-electron chi connectivity index (χ0n) is 12.4. The Bertz CT molecular complexity index is 632. The maximum Gasteiger partial charge on any atom is 0.327 e. The number of hydrogen-bond donors (Lipinski definition) is 0. The highest BCUT2D eigenvalue weighted by Crippen LogP contribution is 2.37. The summed E-state index contributed by atoms with van der Waals surface area (Å²) in [5, 5.41) is 14.4. The molecule has 118 valence electrons. The van der Waals surface area contributed by atoms with Gasteiger partial charge in [-0.1, -0.05) is 13.8 Å². The highest BCUT2D eigenvalue weighted by molar-refractivity contribution is 7.89. The summed E-state index contributed by atoms with van der Waals surface area (Å²) in [6, 6.07) is -0.203. The van der Waals surface area contributed by atoms with E-state index >= 15 is 0 Å². The van der Waals surface area contributed by atoms with E-state index in [1.165, 1.54) is 16.0 Å². The lowest BCUT2D eigenvalue weighted by Crippen LogP contribution is -2.41. The van der Waals surface area contributed by atoms with Crippen LogP contribution < -0.4 is 0 Å². The minimum atomic E-state index is -3.96. The molecule has 8 nitrogen and oxygen atoms in total. The molecular weight excluding hydrogens is 296 g/mol. The minimum absolute atomic E-state index is 0.0542. The van der Waals surface area contributed by atoms with Gasteiger partial charge in [-0.15, -0.1) is 0 Å². The molecule has 21 heavy (non-hydrogen) atoms. The summed E-state index contributed by atoms with van der Waals surface area (Å²) in [7, 11) is -2.48. The predicted octanol–water partition coefficient (Wildman–Crippen LogP) is 1.67. The molecule has 0 bridgehead atoms. The molecule has 1 aliphatic rings. The van der Waals surface area contributed by atoms with Crippen LogP contribution >= 0.6 is 0 Å². The van der Waals surface area contributed by atoms with E-state index in [0.29, 0.717) is 12.8 Å². The van der Waals surface area contributed by atoms with Crippen LogP contribution in [-0.2, 0) is 17.1 Å². The molecule has 0 N–H and O–H groups in total. The average Bonchev–Trinajstić information content (AvgIpc) is 3.15. The Morgan fingerprint density at radius 1 is 1.48 bits per heavy atom. The molecule has 0 aromatic carbocycles. The Balaban J connectivity index is 2.51. The van der Waals surface area contributed by atoms with E-state index in [9.17, 15) is 18.5 Å². The normalized spacial score (nSPS) is 15.9. The first-order valence-electron chi connectivity index (χ1n) is 7.04. The van der Waals surface area contributed by atoms with Crippen LogP contribution in [0.4, 0.5) is 5.69 Å². The third-order valence-electron chi connectivity index (χ3n) is 3.70. The lowest BCUT2D eigenvalue weighted by atomic mass is 10.2. The largest absolute Gasteiger partial charge is 0.327 e. The first-order chi connectivity index (χ1) is 9.82. The highest BCUT2D eigenvalue weighted by atomic mass is 32.2. The third kappa shape index (κ3) is 2.93. The summed E-state index contributed by atoms with van der Waals surface area (Å²) in [5.41, 5.74) is -0.464. The van der Waals surface area contributed by atoms with E-state index < -0.39 is 25.7 Å². The van der Waals surface area contributed by atoms with Gasteiger partial charge in [0.15, 0.2) is 0 Å². The Hall–Kier alpha value is -1.48. The molecular formula is C12H20N4O4S. The molecule has 0 aliphatic heterocycles. The van der Waals surface area contributed by atoms with Crippen LogP contribution in [0.5, 0.6) is 0 Å². The smallest absolute Gasteiger partial charge is 0.267 e. The second kappa shape index (κ2) is 5.72. The Kier molecular flexibility index (Phi) is 4.33. The molecule has 1 aromatic rings. The van der Waals surface area contributed by atoms with Gasteiger partial charge in [0.2, 0.25) is 0 Å². The Morgan fingerprint density at radius 2 is 2.05 bits per heavy atom. The van der Waals surface area contributed by atoms with Gasteiger partial charge >= 0.3 is 5.69 Å². The van der Waals surface area contributed by atoms with Crippen molar-refractivity contribution >= 4 is 15.7 Å². The molecule has 2 rings (SSSR count). The Morgan fingerprint density at radius 3 is 2.48 bits per heavy atom. The van der Waals surface area contributed by atoms with E-state index in [-0.39, 0.29) is 12.1 Å². The highest BCUT2D eigenvalue weighted by Gasteiger charge is 2.45. The summed E-state index contributed by atoms with van der Waals surface area (Å²) in [6.45, 7) is 3.85. The summed E-state index contributed by atoms with van der Waals surface area (Å²) < 4.78 is 28.3. The van der Waals surface area contributed by atoms with Crippen LogP contribution in [0.15, 0.2) is 11.2 Å². The molecule has 1 fully saturated rings. The molecule has 1 aromatic heterocycles. The van der Waals surface area contributed by atoms with Gasteiger partial charge in [-0.25, -0.2) is 8.42 Å². The second-order valence-electron chi connectivity index (χ2n) is 5.29. The Labute approximate surface area is 123 Å². The van der Waals surface area contributed by atoms with Gasteiger partial charge in [-0.3, -0.25) is 14.8 Å². The molecule has 0 amide bonds.